The van der Waals surface area contributed by atoms with Crippen molar-refractivity contribution in [1.82, 2.24) is 10.4 Å². The number of aryl methyl sites for hydroxylation is 2. The number of thioether (sulfide) groups is 1. The topological polar surface area (TPSA) is 88.1 Å². The Balaban J connectivity index is 1.88. The van der Waals surface area contributed by atoms with Crippen LogP contribution in [-0.2, 0) is 4.74 Å². The first kappa shape index (κ1) is 19.0. The summed E-state index contributed by atoms with van der Waals surface area (Å²) in [5.74, 6) is 0.949. The number of benzene rings is 1. The predicted molar refractivity (Wildman–Crippen MR) is 108 cm³/mol. The summed E-state index contributed by atoms with van der Waals surface area (Å²) in [6.07, 6.45) is 0. The van der Waals surface area contributed by atoms with Crippen molar-refractivity contribution in [2.24, 2.45) is 10.1 Å². The number of carbonyl (C=O) groups excluding carboxylic acids is 1. The van der Waals surface area contributed by atoms with Crippen LogP contribution in [0.2, 0.25) is 0 Å². The molecule has 142 valence electrons. The van der Waals surface area contributed by atoms with Gasteiger partial charge in [-0.15, -0.1) is 0 Å². The minimum atomic E-state index is -0.337. The highest BCUT2D eigenvalue weighted by Gasteiger charge is 2.26. The van der Waals surface area contributed by atoms with Crippen LogP contribution in [-0.4, -0.2) is 41.3 Å². The van der Waals surface area contributed by atoms with E-state index in [0.29, 0.717) is 28.8 Å². The molecule has 8 heteroatoms. The Bertz CT molecular complexity index is 918. The molecule has 2 heterocycles. The van der Waals surface area contributed by atoms with E-state index in [0.717, 1.165) is 28.4 Å². The number of ether oxygens (including phenoxy) is 2. The van der Waals surface area contributed by atoms with E-state index >= 15 is 0 Å². The van der Waals surface area contributed by atoms with Gasteiger partial charge in [-0.3, -0.25) is 5.43 Å². The Morgan fingerprint density at radius 1 is 1.30 bits per heavy atom. The second-order valence-electron chi connectivity index (χ2n) is 5.89. The molecule has 3 rings (SSSR count). The van der Waals surface area contributed by atoms with Gasteiger partial charge in [0.25, 0.3) is 0 Å². The lowest BCUT2D eigenvalue weighted by Crippen LogP contribution is -2.26. The molecule has 0 unspecified atom stereocenters. The van der Waals surface area contributed by atoms with Crippen LogP contribution in [0.5, 0.6) is 5.75 Å². The molecule has 1 aromatic heterocycles. The number of aromatic nitrogens is 1. The number of carbonyl (C=O) groups is 1. The lowest BCUT2D eigenvalue weighted by molar-refractivity contribution is 0.0525. The van der Waals surface area contributed by atoms with Crippen molar-refractivity contribution in [3.05, 3.63) is 46.8 Å². The van der Waals surface area contributed by atoms with Crippen molar-refractivity contribution in [2.75, 3.05) is 19.5 Å². The smallest absolute Gasteiger partial charge is 0.340 e. The zero-order valence-electron chi connectivity index (χ0n) is 15.8. The van der Waals surface area contributed by atoms with Crippen molar-refractivity contribution < 1.29 is 14.3 Å². The van der Waals surface area contributed by atoms with Crippen LogP contribution in [0.25, 0.3) is 0 Å². The third-order valence-corrected chi connectivity index (χ3v) is 4.96. The lowest BCUT2D eigenvalue weighted by Gasteiger charge is -2.16. The van der Waals surface area contributed by atoms with Gasteiger partial charge in [-0.1, -0.05) is 23.9 Å². The molecule has 1 aromatic carbocycles. The summed E-state index contributed by atoms with van der Waals surface area (Å²) >= 11 is 1.52. The summed E-state index contributed by atoms with van der Waals surface area (Å²) in [4.78, 5) is 20.1. The number of esters is 1. The van der Waals surface area contributed by atoms with Gasteiger partial charge in [-0.25, -0.2) is 9.79 Å². The molecular weight excluding hydrogens is 364 g/mol. The van der Waals surface area contributed by atoms with E-state index in [1.165, 1.54) is 11.8 Å². The molecule has 0 fully saturated rings. The second-order valence-corrected chi connectivity index (χ2v) is 6.86. The Kier molecular flexibility index (Phi) is 5.85. The van der Waals surface area contributed by atoms with Gasteiger partial charge >= 0.3 is 5.97 Å². The van der Waals surface area contributed by atoms with Crippen LogP contribution in [0.1, 0.15) is 34.2 Å². The number of rotatable bonds is 5. The van der Waals surface area contributed by atoms with Crippen molar-refractivity contribution in [3.8, 4) is 5.75 Å². The van der Waals surface area contributed by atoms with E-state index in [2.05, 4.69) is 20.5 Å². The fraction of sp³-hybridized carbons (Fsp3) is 0.316. The Morgan fingerprint density at radius 2 is 2.07 bits per heavy atom. The maximum absolute atomic E-state index is 12.4. The molecule has 0 saturated heterocycles. The van der Waals surface area contributed by atoms with Gasteiger partial charge in [0.1, 0.15) is 11.4 Å². The molecule has 27 heavy (non-hydrogen) atoms. The molecule has 0 spiro atoms. The SMILES string of the molecule is CCOC(=O)c1c(C)[nH]c(C)c1C1=NNC(=Nc2ccccc2OC)SC1. The molecule has 0 saturated carbocycles. The first-order valence-corrected chi connectivity index (χ1v) is 9.57. The zero-order valence-corrected chi connectivity index (χ0v) is 16.6. The van der Waals surface area contributed by atoms with E-state index in [1.807, 2.05) is 38.1 Å². The van der Waals surface area contributed by atoms with E-state index in [1.54, 1.807) is 14.0 Å². The number of amidine groups is 1. The first-order chi connectivity index (χ1) is 13.0. The summed E-state index contributed by atoms with van der Waals surface area (Å²) in [5.41, 5.74) is 7.50. The molecule has 0 amide bonds. The number of aliphatic imine (C=N–C) groups is 1. The quantitative estimate of drug-likeness (QED) is 0.768. The van der Waals surface area contributed by atoms with Crippen molar-refractivity contribution in [1.29, 1.82) is 0 Å². The predicted octanol–water partition coefficient (Wildman–Crippen LogP) is 3.55. The summed E-state index contributed by atoms with van der Waals surface area (Å²) < 4.78 is 10.5. The number of methoxy groups -OCH3 is 1. The number of hydrogen-bond acceptors (Lipinski definition) is 6. The fourth-order valence-corrected chi connectivity index (χ4v) is 3.69. The highest BCUT2D eigenvalue weighted by molar-refractivity contribution is 8.14. The van der Waals surface area contributed by atoms with Crippen molar-refractivity contribution in [3.63, 3.8) is 0 Å². The maximum Gasteiger partial charge on any atom is 0.340 e. The maximum atomic E-state index is 12.4. The number of nitrogens with one attached hydrogen (secondary N) is 2. The van der Waals surface area contributed by atoms with Crippen molar-refractivity contribution >= 4 is 34.3 Å². The first-order valence-electron chi connectivity index (χ1n) is 8.58. The average Bonchev–Trinajstić information content (AvgIpc) is 2.97. The minimum Gasteiger partial charge on any atom is -0.494 e. The highest BCUT2D eigenvalue weighted by atomic mass is 32.2. The molecule has 1 aliphatic rings. The molecule has 7 nitrogen and oxygen atoms in total. The molecule has 1 aliphatic heterocycles. The molecule has 2 N–H and O–H groups in total. The fourth-order valence-electron chi connectivity index (χ4n) is 2.93. The lowest BCUT2D eigenvalue weighted by atomic mass is 10.1. The third kappa shape index (κ3) is 4.00. The summed E-state index contributed by atoms with van der Waals surface area (Å²) in [6, 6.07) is 7.54. The Hall–Kier alpha value is -2.74. The van der Waals surface area contributed by atoms with Gasteiger partial charge in [0.05, 0.1) is 25.0 Å². The number of nitrogens with zero attached hydrogens (tertiary/aromatic N) is 2. The molecule has 0 radical (unpaired) electrons. The summed E-state index contributed by atoms with van der Waals surface area (Å²) in [5, 5.41) is 5.13. The number of para-hydroxylation sites is 2. The third-order valence-electron chi connectivity index (χ3n) is 4.08. The number of H-pyrrole nitrogens is 1. The monoisotopic (exact) mass is 386 g/mol. The van der Waals surface area contributed by atoms with Crippen LogP contribution < -0.4 is 10.2 Å². The van der Waals surface area contributed by atoms with Crippen molar-refractivity contribution in [2.45, 2.75) is 20.8 Å². The molecular formula is C19H22N4O3S. The number of hydrazone groups is 1. The summed E-state index contributed by atoms with van der Waals surface area (Å²) in [7, 11) is 1.62. The van der Waals surface area contributed by atoms with Gasteiger partial charge < -0.3 is 14.5 Å². The highest BCUT2D eigenvalue weighted by Crippen LogP contribution is 2.29. The minimum absolute atomic E-state index is 0.330. The van der Waals surface area contributed by atoms with E-state index in [4.69, 9.17) is 9.47 Å². The van der Waals surface area contributed by atoms with E-state index in [-0.39, 0.29) is 5.97 Å². The Morgan fingerprint density at radius 3 is 2.74 bits per heavy atom. The molecule has 0 aliphatic carbocycles. The zero-order chi connectivity index (χ0) is 19.4. The van der Waals surface area contributed by atoms with Gasteiger partial charge in [0.2, 0.25) is 0 Å². The van der Waals surface area contributed by atoms with Gasteiger partial charge in [-0.2, -0.15) is 5.10 Å². The second kappa shape index (κ2) is 8.30. The van der Waals surface area contributed by atoms with E-state index in [9.17, 15) is 4.79 Å². The average molecular weight is 386 g/mol. The number of hydrogen-bond donors (Lipinski definition) is 2. The molecule has 0 bridgehead atoms. The Labute approximate surface area is 162 Å². The van der Waals surface area contributed by atoms with Gasteiger partial charge in [0.15, 0.2) is 5.17 Å². The molecule has 2 aromatic rings. The van der Waals surface area contributed by atoms with Crippen LogP contribution in [0.3, 0.4) is 0 Å². The van der Waals surface area contributed by atoms with Crippen LogP contribution in [0.15, 0.2) is 34.4 Å². The van der Waals surface area contributed by atoms with Crippen LogP contribution >= 0.6 is 11.8 Å². The van der Waals surface area contributed by atoms with Crippen LogP contribution in [0, 0.1) is 13.8 Å². The van der Waals surface area contributed by atoms with E-state index < -0.39 is 0 Å². The standard InChI is InChI=1S/C19H22N4O3S/c1-5-26-18(24)17-12(3)20-11(2)16(17)14-10-27-19(23-22-14)21-13-8-6-7-9-15(13)25-4/h6-9,20H,5,10H2,1-4H3,(H,21,23). The normalized spacial score (nSPS) is 15.3. The largest absolute Gasteiger partial charge is 0.494 e. The van der Waals surface area contributed by atoms with Gasteiger partial charge in [-0.05, 0) is 32.9 Å². The molecule has 0 atom stereocenters. The summed E-state index contributed by atoms with van der Waals surface area (Å²) in [6.45, 7) is 5.91. The van der Waals surface area contributed by atoms with Crippen LogP contribution in [0.4, 0.5) is 5.69 Å². The van der Waals surface area contributed by atoms with Gasteiger partial charge in [0, 0.05) is 22.7 Å². The number of aromatic amines is 1.